The minimum Gasteiger partial charge on any atom is -0.496 e. The molecule has 1 aromatic carbocycles. The van der Waals surface area contributed by atoms with Crippen molar-refractivity contribution in [2.75, 3.05) is 47.4 Å². The minimum atomic E-state index is -0.0296. The predicted molar refractivity (Wildman–Crippen MR) is 142 cm³/mol. The highest BCUT2D eigenvalue weighted by molar-refractivity contribution is 14.0. The number of hydrogen-bond acceptors (Lipinski definition) is 5. The number of benzene rings is 1. The summed E-state index contributed by atoms with van der Waals surface area (Å²) >= 11 is 1.70. The molecule has 1 aliphatic heterocycles. The molecule has 3 rings (SSSR count). The van der Waals surface area contributed by atoms with Crippen molar-refractivity contribution in [3.05, 3.63) is 52.2 Å². The Hall–Kier alpha value is -1.85. The van der Waals surface area contributed by atoms with E-state index in [-0.39, 0.29) is 42.5 Å². The Morgan fingerprint density at radius 1 is 1.19 bits per heavy atom. The van der Waals surface area contributed by atoms with Crippen molar-refractivity contribution in [3.8, 4) is 5.75 Å². The highest BCUT2D eigenvalue weighted by Gasteiger charge is 2.26. The van der Waals surface area contributed by atoms with Gasteiger partial charge in [-0.25, -0.2) is 4.99 Å². The summed E-state index contributed by atoms with van der Waals surface area (Å²) in [5.41, 5.74) is 1.17. The number of para-hydroxylation sites is 1. The van der Waals surface area contributed by atoms with Gasteiger partial charge in [0.1, 0.15) is 12.3 Å². The van der Waals surface area contributed by atoms with Gasteiger partial charge in [-0.1, -0.05) is 24.3 Å². The second-order valence-corrected chi connectivity index (χ2v) is 8.80. The van der Waals surface area contributed by atoms with E-state index in [0.29, 0.717) is 19.0 Å². The van der Waals surface area contributed by atoms with Crippen LogP contribution in [-0.4, -0.2) is 69.1 Å². The molecule has 0 saturated carbocycles. The minimum absolute atomic E-state index is 0. The summed E-state index contributed by atoms with van der Waals surface area (Å²) in [4.78, 5) is 21.9. The predicted octanol–water partition coefficient (Wildman–Crippen LogP) is 3.34. The van der Waals surface area contributed by atoms with E-state index in [1.165, 1.54) is 23.3 Å². The van der Waals surface area contributed by atoms with Crippen LogP contribution in [0.1, 0.15) is 29.3 Å². The molecule has 9 heteroatoms. The van der Waals surface area contributed by atoms with Gasteiger partial charge in [0, 0.05) is 31.1 Å². The molecular formula is C23H34IN5O2S. The molecule has 0 bridgehead atoms. The summed E-state index contributed by atoms with van der Waals surface area (Å²) in [6.45, 7) is 3.59. The normalized spacial score (nSPS) is 15.0. The van der Waals surface area contributed by atoms with E-state index in [2.05, 4.69) is 44.1 Å². The van der Waals surface area contributed by atoms with Gasteiger partial charge in [-0.05, 0) is 43.4 Å². The highest BCUT2D eigenvalue weighted by atomic mass is 127. The quantitative estimate of drug-likeness (QED) is 0.275. The number of nitrogens with zero attached hydrogens (tertiary/aromatic N) is 3. The number of amides is 1. The lowest BCUT2D eigenvalue weighted by Gasteiger charge is -2.30. The second kappa shape index (κ2) is 13.6. The average molecular weight is 572 g/mol. The van der Waals surface area contributed by atoms with Crippen molar-refractivity contribution in [3.63, 3.8) is 0 Å². The van der Waals surface area contributed by atoms with Gasteiger partial charge in [-0.3, -0.25) is 9.69 Å². The van der Waals surface area contributed by atoms with Gasteiger partial charge in [0.15, 0.2) is 5.96 Å². The molecule has 176 valence electrons. The molecule has 1 aliphatic rings. The van der Waals surface area contributed by atoms with Gasteiger partial charge in [0.25, 0.3) is 0 Å². The third-order valence-electron chi connectivity index (χ3n) is 5.42. The van der Waals surface area contributed by atoms with Crippen LogP contribution in [0.25, 0.3) is 0 Å². The Bertz CT molecular complexity index is 854. The first-order valence-corrected chi connectivity index (χ1v) is 11.6. The fourth-order valence-electron chi connectivity index (χ4n) is 3.67. The standard InChI is InChI=1S/C23H33N5O2S.HI/c1-27(2)22(29)17-26-23(24-15-18-9-8-14-31-18)25-16-20(28-12-6-7-13-28)19-10-4-5-11-21(19)30-3;/h4-5,8-11,14,20H,6-7,12-13,15-17H2,1-3H3,(H2,24,25,26);1H. The fraction of sp³-hybridized carbons (Fsp3) is 0.478. The van der Waals surface area contributed by atoms with Crippen molar-refractivity contribution in [2.24, 2.45) is 4.99 Å². The zero-order valence-corrected chi connectivity index (χ0v) is 22.2. The molecule has 2 N–H and O–H groups in total. The van der Waals surface area contributed by atoms with Crippen molar-refractivity contribution in [1.82, 2.24) is 20.4 Å². The van der Waals surface area contributed by atoms with E-state index >= 15 is 0 Å². The number of thiophene rings is 1. The van der Waals surface area contributed by atoms with Crippen LogP contribution < -0.4 is 15.4 Å². The van der Waals surface area contributed by atoms with Crippen LogP contribution in [0, 0.1) is 0 Å². The number of guanidine groups is 1. The van der Waals surface area contributed by atoms with Gasteiger partial charge < -0.3 is 20.3 Å². The van der Waals surface area contributed by atoms with E-state index in [0.717, 1.165) is 18.8 Å². The maximum atomic E-state index is 12.1. The average Bonchev–Trinajstić information content (AvgIpc) is 3.49. The number of carbonyl (C=O) groups excluding carboxylic acids is 1. The van der Waals surface area contributed by atoms with Crippen LogP contribution in [0.5, 0.6) is 5.75 Å². The van der Waals surface area contributed by atoms with Crippen molar-refractivity contribution < 1.29 is 9.53 Å². The third kappa shape index (κ3) is 7.63. The largest absolute Gasteiger partial charge is 0.496 e. The van der Waals surface area contributed by atoms with Gasteiger partial charge in [-0.2, -0.15) is 0 Å². The zero-order chi connectivity index (χ0) is 22.1. The molecule has 0 spiro atoms. The Morgan fingerprint density at radius 2 is 1.94 bits per heavy atom. The van der Waals surface area contributed by atoms with Crippen LogP contribution in [0.15, 0.2) is 46.8 Å². The number of nitrogens with one attached hydrogen (secondary N) is 2. The summed E-state index contributed by atoms with van der Waals surface area (Å²) in [7, 11) is 5.21. The summed E-state index contributed by atoms with van der Waals surface area (Å²) in [5.74, 6) is 1.51. The Kier molecular flexibility index (Phi) is 11.3. The van der Waals surface area contributed by atoms with E-state index in [1.54, 1.807) is 37.4 Å². The van der Waals surface area contributed by atoms with Crippen LogP contribution in [0.2, 0.25) is 0 Å². The third-order valence-corrected chi connectivity index (χ3v) is 6.30. The molecule has 0 radical (unpaired) electrons. The maximum Gasteiger partial charge on any atom is 0.243 e. The topological polar surface area (TPSA) is 69.2 Å². The lowest BCUT2D eigenvalue weighted by molar-refractivity contribution is -0.127. The van der Waals surface area contributed by atoms with Crippen molar-refractivity contribution >= 4 is 47.2 Å². The molecule has 1 aromatic heterocycles. The first kappa shape index (κ1) is 26.4. The van der Waals surface area contributed by atoms with E-state index < -0.39 is 0 Å². The number of hydrogen-bond donors (Lipinski definition) is 2. The number of rotatable bonds is 9. The van der Waals surface area contributed by atoms with Gasteiger partial charge in [0.05, 0.1) is 19.7 Å². The van der Waals surface area contributed by atoms with E-state index in [9.17, 15) is 4.79 Å². The number of likely N-dealkylation sites (tertiary alicyclic amines) is 1. The SMILES string of the molecule is COc1ccccc1C(CNC(=NCC(=O)N(C)C)NCc1cccs1)N1CCCC1.I. The lowest BCUT2D eigenvalue weighted by Crippen LogP contribution is -2.43. The first-order chi connectivity index (χ1) is 15.1. The van der Waals surface area contributed by atoms with Crippen LogP contribution >= 0.6 is 35.3 Å². The summed E-state index contributed by atoms with van der Waals surface area (Å²) in [6, 6.07) is 12.5. The van der Waals surface area contributed by atoms with Gasteiger partial charge in [0.2, 0.25) is 5.91 Å². The molecule has 32 heavy (non-hydrogen) atoms. The summed E-state index contributed by atoms with van der Waals surface area (Å²) < 4.78 is 5.65. The van der Waals surface area contributed by atoms with E-state index in [4.69, 9.17) is 4.74 Å². The van der Waals surface area contributed by atoms with Crippen molar-refractivity contribution in [1.29, 1.82) is 0 Å². The Morgan fingerprint density at radius 3 is 2.59 bits per heavy atom. The Balaban J connectivity index is 0.00000363. The summed E-state index contributed by atoms with van der Waals surface area (Å²) in [5, 5.41) is 8.91. The molecule has 0 aliphatic carbocycles. The molecule has 1 unspecified atom stereocenters. The molecule has 1 atom stereocenters. The number of ether oxygens (including phenoxy) is 1. The molecule has 1 saturated heterocycles. The first-order valence-electron chi connectivity index (χ1n) is 10.7. The lowest BCUT2D eigenvalue weighted by atomic mass is 10.0. The molecule has 7 nitrogen and oxygen atoms in total. The molecule has 1 fully saturated rings. The number of halogens is 1. The fourth-order valence-corrected chi connectivity index (χ4v) is 4.32. The highest BCUT2D eigenvalue weighted by Crippen LogP contribution is 2.31. The number of likely N-dealkylation sites (N-methyl/N-ethyl adjacent to an activating group) is 1. The van der Waals surface area contributed by atoms with Crippen molar-refractivity contribution in [2.45, 2.75) is 25.4 Å². The molecule has 1 amide bonds. The number of carbonyl (C=O) groups is 1. The second-order valence-electron chi connectivity index (χ2n) is 7.77. The molecule has 2 heterocycles. The maximum absolute atomic E-state index is 12.1. The van der Waals surface area contributed by atoms with Gasteiger partial charge in [-0.15, -0.1) is 35.3 Å². The summed E-state index contributed by atoms with van der Waals surface area (Å²) in [6.07, 6.45) is 2.42. The Labute approximate surface area is 212 Å². The van der Waals surface area contributed by atoms with E-state index in [1.807, 2.05) is 18.2 Å². The van der Waals surface area contributed by atoms with Crippen LogP contribution in [0.4, 0.5) is 0 Å². The monoisotopic (exact) mass is 571 g/mol. The number of methoxy groups -OCH3 is 1. The van der Waals surface area contributed by atoms with Gasteiger partial charge >= 0.3 is 0 Å². The zero-order valence-electron chi connectivity index (χ0n) is 19.0. The number of aliphatic imine (C=N–C) groups is 1. The van der Waals surface area contributed by atoms with Crippen LogP contribution in [-0.2, 0) is 11.3 Å². The smallest absolute Gasteiger partial charge is 0.243 e. The molecular weight excluding hydrogens is 537 g/mol. The molecule has 2 aromatic rings. The van der Waals surface area contributed by atoms with Crippen LogP contribution in [0.3, 0.4) is 0 Å².